The van der Waals surface area contributed by atoms with E-state index in [1.54, 1.807) is 0 Å². The Labute approximate surface area is 326 Å². The topological polar surface area (TPSA) is 46.6 Å². The number of nitrogens with zero attached hydrogens (tertiary/aromatic N) is 1. The van der Waals surface area contributed by atoms with E-state index in [0.29, 0.717) is 24.7 Å². The van der Waals surface area contributed by atoms with Crippen LogP contribution in [0.15, 0.2) is 0 Å². The van der Waals surface area contributed by atoms with Crippen molar-refractivity contribution >= 4 is 11.8 Å². The van der Waals surface area contributed by atoms with Crippen LogP contribution < -0.4 is 0 Å². The van der Waals surface area contributed by atoms with Gasteiger partial charge < -0.3 is 4.74 Å². The van der Waals surface area contributed by atoms with Crippen LogP contribution in [0.5, 0.6) is 0 Å². The lowest BCUT2D eigenvalue weighted by atomic mass is 9.90. The van der Waals surface area contributed by atoms with E-state index < -0.39 is 0 Å². The van der Waals surface area contributed by atoms with Gasteiger partial charge >= 0.3 is 5.97 Å². The Morgan fingerprint density at radius 3 is 1.08 bits per heavy atom. The lowest BCUT2D eigenvalue weighted by molar-refractivity contribution is -0.147. The molecule has 4 nitrogen and oxygen atoms in total. The van der Waals surface area contributed by atoms with Gasteiger partial charge in [0.1, 0.15) is 12.6 Å². The van der Waals surface area contributed by atoms with Crippen molar-refractivity contribution in [1.82, 2.24) is 4.90 Å². The zero-order chi connectivity index (χ0) is 37.7. The molecule has 3 atom stereocenters. The number of likely N-dealkylation sites (tertiary alicyclic amines) is 1. The highest BCUT2D eigenvalue weighted by atomic mass is 16.5. The number of Topliss-reactive ketones (excluding diaryl/α,β-unsaturated/α-hetero) is 1. The van der Waals surface area contributed by atoms with Crippen molar-refractivity contribution in [1.29, 1.82) is 0 Å². The first-order valence-corrected chi connectivity index (χ1v) is 23.9. The summed E-state index contributed by atoms with van der Waals surface area (Å²) in [5.74, 6) is 1.34. The molecule has 1 saturated heterocycles. The van der Waals surface area contributed by atoms with Crippen LogP contribution in [0.3, 0.4) is 0 Å². The molecule has 52 heavy (non-hydrogen) atoms. The molecule has 0 amide bonds. The SMILES string of the molecule is CCCCCCCCCCCCCCCCCCCC(=O)C(COC(=O)CCCCCCCCCCCCCCCCCC)N1CC(C)CC(C)C1. The highest BCUT2D eigenvalue weighted by Gasteiger charge is 2.32. The zero-order valence-electron chi connectivity index (χ0n) is 36.0. The molecule has 1 aliphatic heterocycles. The van der Waals surface area contributed by atoms with E-state index in [1.165, 1.54) is 193 Å². The minimum Gasteiger partial charge on any atom is -0.464 e. The number of carbonyl (C=O) groups excluding carboxylic acids is 2. The number of unbranched alkanes of at least 4 members (excludes halogenated alkanes) is 31. The molecule has 0 aliphatic carbocycles. The van der Waals surface area contributed by atoms with Crippen LogP contribution in [-0.4, -0.2) is 42.4 Å². The molecule has 0 aromatic rings. The van der Waals surface area contributed by atoms with E-state index in [2.05, 4.69) is 32.6 Å². The first kappa shape index (κ1) is 49.1. The van der Waals surface area contributed by atoms with Crippen molar-refractivity contribution in [2.24, 2.45) is 11.8 Å². The second-order valence-electron chi connectivity index (χ2n) is 17.5. The fourth-order valence-electron chi connectivity index (χ4n) is 8.62. The van der Waals surface area contributed by atoms with Crippen molar-refractivity contribution in [3.05, 3.63) is 0 Å². The molecule has 1 aliphatic rings. The molecule has 4 heteroatoms. The molecule has 0 radical (unpaired) electrons. The summed E-state index contributed by atoms with van der Waals surface area (Å²) < 4.78 is 5.81. The van der Waals surface area contributed by atoms with E-state index in [0.717, 1.165) is 38.8 Å². The van der Waals surface area contributed by atoms with Gasteiger partial charge in [-0.25, -0.2) is 0 Å². The van der Waals surface area contributed by atoms with Crippen molar-refractivity contribution in [2.75, 3.05) is 19.7 Å². The maximum absolute atomic E-state index is 13.5. The standard InChI is InChI=1S/C48H93NO3/c1-5-7-9-11-13-15-17-19-21-23-24-26-28-30-32-34-36-38-47(50)46(49-41-44(3)40-45(4)42-49)43-52-48(51)39-37-35-33-31-29-27-25-22-20-18-16-14-12-10-8-6-2/h44-46H,5-43H2,1-4H3. The fraction of sp³-hybridized carbons (Fsp3) is 0.958. The van der Waals surface area contributed by atoms with Crippen molar-refractivity contribution < 1.29 is 14.3 Å². The quantitative estimate of drug-likeness (QED) is 0.0466. The number of ketones is 1. The average molecular weight is 732 g/mol. The molecule has 0 spiro atoms. The molecule has 0 bridgehead atoms. The molecule has 0 saturated carbocycles. The average Bonchev–Trinajstić information content (AvgIpc) is 3.12. The van der Waals surface area contributed by atoms with Crippen LogP contribution in [0.25, 0.3) is 0 Å². The lowest BCUT2D eigenvalue weighted by Crippen LogP contribution is -2.51. The minimum atomic E-state index is -0.263. The Morgan fingerprint density at radius 2 is 0.750 bits per heavy atom. The number of piperidine rings is 1. The van der Waals surface area contributed by atoms with Crippen molar-refractivity contribution in [3.8, 4) is 0 Å². The number of esters is 1. The second-order valence-corrected chi connectivity index (χ2v) is 17.5. The molecule has 1 rings (SSSR count). The lowest BCUT2D eigenvalue weighted by Gasteiger charge is -2.39. The molecule has 308 valence electrons. The molecule has 1 fully saturated rings. The van der Waals surface area contributed by atoms with E-state index in [1.807, 2.05) is 0 Å². The largest absolute Gasteiger partial charge is 0.464 e. The van der Waals surface area contributed by atoms with Gasteiger partial charge in [0.05, 0.1) is 0 Å². The van der Waals surface area contributed by atoms with Gasteiger partial charge in [-0.1, -0.05) is 227 Å². The first-order valence-electron chi connectivity index (χ1n) is 23.9. The first-order chi connectivity index (χ1) is 25.5. The minimum absolute atomic E-state index is 0.112. The Bertz CT molecular complexity index is 774. The van der Waals surface area contributed by atoms with Crippen LogP contribution >= 0.6 is 0 Å². The third-order valence-electron chi connectivity index (χ3n) is 11.9. The maximum atomic E-state index is 13.5. The number of carbonyl (C=O) groups is 2. The molecule has 0 aromatic carbocycles. The zero-order valence-corrected chi connectivity index (χ0v) is 36.0. The van der Waals surface area contributed by atoms with Gasteiger partial charge in [-0.2, -0.15) is 0 Å². The third kappa shape index (κ3) is 30.4. The van der Waals surface area contributed by atoms with Gasteiger partial charge in [0.2, 0.25) is 0 Å². The Kier molecular flexibility index (Phi) is 35.0. The summed E-state index contributed by atoms with van der Waals surface area (Å²) in [7, 11) is 0. The molecule has 0 N–H and O–H groups in total. The van der Waals surface area contributed by atoms with Crippen molar-refractivity contribution in [3.63, 3.8) is 0 Å². The van der Waals surface area contributed by atoms with E-state index in [4.69, 9.17) is 4.74 Å². The van der Waals surface area contributed by atoms with Gasteiger partial charge in [-0.15, -0.1) is 0 Å². The predicted octanol–water partition coefficient (Wildman–Crippen LogP) is 15.1. The Balaban J connectivity index is 2.12. The normalized spacial score (nSPS) is 17.1. The van der Waals surface area contributed by atoms with Crippen LogP contribution in [0, 0.1) is 11.8 Å². The highest BCUT2D eigenvalue weighted by Crippen LogP contribution is 2.24. The second kappa shape index (κ2) is 37.0. The number of rotatable bonds is 39. The van der Waals surface area contributed by atoms with Gasteiger partial charge in [0.25, 0.3) is 0 Å². The van der Waals surface area contributed by atoms with E-state index in [9.17, 15) is 9.59 Å². The number of ether oxygens (including phenoxy) is 1. The van der Waals surface area contributed by atoms with Gasteiger partial charge in [0, 0.05) is 25.9 Å². The molecule has 3 unspecified atom stereocenters. The number of hydrogen-bond donors (Lipinski definition) is 0. The monoisotopic (exact) mass is 732 g/mol. The predicted molar refractivity (Wildman–Crippen MR) is 227 cm³/mol. The van der Waals surface area contributed by atoms with Crippen LogP contribution in [0.2, 0.25) is 0 Å². The van der Waals surface area contributed by atoms with Crippen LogP contribution in [-0.2, 0) is 14.3 Å². The summed E-state index contributed by atoms with van der Waals surface area (Å²) in [5.41, 5.74) is 0. The van der Waals surface area contributed by atoms with E-state index in [-0.39, 0.29) is 24.4 Å². The summed E-state index contributed by atoms with van der Waals surface area (Å²) >= 11 is 0. The Morgan fingerprint density at radius 1 is 0.462 bits per heavy atom. The summed E-state index contributed by atoms with van der Waals surface area (Å²) in [6.45, 7) is 11.3. The molecule has 0 aromatic heterocycles. The number of hydrogen-bond acceptors (Lipinski definition) is 4. The maximum Gasteiger partial charge on any atom is 0.305 e. The molecular weight excluding hydrogens is 639 g/mol. The summed E-state index contributed by atoms with van der Waals surface area (Å²) in [5, 5.41) is 0. The van der Waals surface area contributed by atoms with Gasteiger partial charge in [-0.3, -0.25) is 14.5 Å². The summed E-state index contributed by atoms with van der Waals surface area (Å²) in [6.07, 6.45) is 46.6. The summed E-state index contributed by atoms with van der Waals surface area (Å²) in [4.78, 5) is 28.6. The third-order valence-corrected chi connectivity index (χ3v) is 11.9. The summed E-state index contributed by atoms with van der Waals surface area (Å²) in [6, 6.07) is -0.263. The van der Waals surface area contributed by atoms with E-state index >= 15 is 0 Å². The smallest absolute Gasteiger partial charge is 0.305 e. The van der Waals surface area contributed by atoms with Gasteiger partial charge in [0.15, 0.2) is 5.78 Å². The Hall–Kier alpha value is -0.900. The van der Waals surface area contributed by atoms with Crippen LogP contribution in [0.1, 0.15) is 259 Å². The highest BCUT2D eigenvalue weighted by molar-refractivity contribution is 5.84. The molecular formula is C48H93NO3. The van der Waals surface area contributed by atoms with Crippen molar-refractivity contribution in [2.45, 2.75) is 265 Å². The van der Waals surface area contributed by atoms with Crippen LogP contribution in [0.4, 0.5) is 0 Å². The fourth-order valence-corrected chi connectivity index (χ4v) is 8.62. The molecule has 1 heterocycles. The van der Waals surface area contributed by atoms with Gasteiger partial charge in [-0.05, 0) is 31.1 Å².